The lowest BCUT2D eigenvalue weighted by Crippen LogP contribution is -2.21. The molecule has 2 heterocycles. The van der Waals surface area contributed by atoms with Gasteiger partial charge >= 0.3 is 11.6 Å². The fraction of sp³-hybridized carbons (Fsp3) is 0.250. The second-order valence-corrected chi connectivity index (χ2v) is 9.47. The van der Waals surface area contributed by atoms with Crippen LogP contribution in [0.3, 0.4) is 0 Å². The summed E-state index contributed by atoms with van der Waals surface area (Å²) in [6, 6.07) is 13.2. The maximum absolute atomic E-state index is 12.7. The molecular formula is C28H25NO6S. The van der Waals surface area contributed by atoms with Gasteiger partial charge < -0.3 is 19.2 Å². The standard InChI is InChI=1S/C28H25NO6S/c1-3-16-7-9-17(10-8-16)22-15-36-26(25(22)28(32)33-2)29-24(30)14-34-18-11-12-20-19-5-4-6-21(19)27(31)35-23(20)13-18/h7-13,15H,3-6,14H2,1-2H3,(H,29,30). The molecule has 1 aliphatic rings. The van der Waals surface area contributed by atoms with Gasteiger partial charge in [0.2, 0.25) is 0 Å². The minimum Gasteiger partial charge on any atom is -0.484 e. The SMILES string of the molecule is CCc1ccc(-c2csc(NC(=O)COc3ccc4c5c(c(=O)oc4c3)CCC5)c2C(=O)OC)cc1. The highest BCUT2D eigenvalue weighted by Crippen LogP contribution is 2.36. The molecule has 1 amide bonds. The number of ether oxygens (including phenoxy) is 2. The predicted molar refractivity (Wildman–Crippen MR) is 139 cm³/mol. The molecule has 0 radical (unpaired) electrons. The molecule has 2 aromatic carbocycles. The first kappa shape index (κ1) is 23.8. The van der Waals surface area contributed by atoms with E-state index in [-0.39, 0.29) is 12.2 Å². The number of rotatable bonds is 7. The monoisotopic (exact) mass is 503 g/mol. The minimum atomic E-state index is -0.529. The van der Waals surface area contributed by atoms with Gasteiger partial charge in [-0.3, -0.25) is 4.79 Å². The van der Waals surface area contributed by atoms with Crippen LogP contribution in [-0.2, 0) is 28.8 Å². The van der Waals surface area contributed by atoms with Gasteiger partial charge in [0.15, 0.2) is 6.61 Å². The first-order valence-corrected chi connectivity index (χ1v) is 12.7. The minimum absolute atomic E-state index is 0.278. The van der Waals surface area contributed by atoms with E-state index in [0.29, 0.717) is 27.5 Å². The van der Waals surface area contributed by atoms with Crippen molar-refractivity contribution in [2.45, 2.75) is 32.6 Å². The Labute approximate surface area is 211 Å². The molecule has 0 saturated carbocycles. The molecule has 7 nitrogen and oxygen atoms in total. The van der Waals surface area contributed by atoms with Gasteiger partial charge in [0.25, 0.3) is 5.91 Å². The molecule has 0 atom stereocenters. The van der Waals surface area contributed by atoms with Crippen molar-refractivity contribution in [2.75, 3.05) is 19.0 Å². The second-order valence-electron chi connectivity index (χ2n) is 8.59. The van der Waals surface area contributed by atoms with Crippen LogP contribution in [-0.4, -0.2) is 25.6 Å². The van der Waals surface area contributed by atoms with Crippen molar-refractivity contribution in [3.05, 3.63) is 80.5 Å². The van der Waals surface area contributed by atoms with E-state index in [0.717, 1.165) is 47.8 Å². The van der Waals surface area contributed by atoms with Crippen molar-refractivity contribution < 1.29 is 23.5 Å². The highest BCUT2D eigenvalue weighted by molar-refractivity contribution is 7.15. The summed E-state index contributed by atoms with van der Waals surface area (Å²) in [5.41, 5.74) is 5.00. The number of anilines is 1. The summed E-state index contributed by atoms with van der Waals surface area (Å²) in [4.78, 5) is 37.5. The fourth-order valence-corrected chi connectivity index (χ4v) is 5.53. The zero-order chi connectivity index (χ0) is 25.2. The lowest BCUT2D eigenvalue weighted by molar-refractivity contribution is -0.118. The quantitative estimate of drug-likeness (QED) is 0.269. The van der Waals surface area contributed by atoms with Crippen LogP contribution in [0.25, 0.3) is 22.1 Å². The van der Waals surface area contributed by atoms with Crippen LogP contribution in [0.1, 0.15) is 40.4 Å². The molecule has 0 spiro atoms. The Morgan fingerprint density at radius 1 is 1.08 bits per heavy atom. The van der Waals surface area contributed by atoms with Crippen LogP contribution in [0.5, 0.6) is 5.75 Å². The van der Waals surface area contributed by atoms with E-state index < -0.39 is 11.9 Å². The number of hydrogen-bond acceptors (Lipinski definition) is 7. The normalized spacial score (nSPS) is 12.4. The molecule has 0 aliphatic heterocycles. The molecule has 0 unspecified atom stereocenters. The first-order chi connectivity index (χ1) is 17.5. The van der Waals surface area contributed by atoms with Crippen molar-refractivity contribution in [3.8, 4) is 16.9 Å². The van der Waals surface area contributed by atoms with Crippen LogP contribution in [0.4, 0.5) is 5.00 Å². The van der Waals surface area contributed by atoms with E-state index in [9.17, 15) is 14.4 Å². The Balaban J connectivity index is 1.32. The molecule has 4 aromatic rings. The Bertz CT molecular complexity index is 1520. The molecule has 36 heavy (non-hydrogen) atoms. The number of hydrogen-bond donors (Lipinski definition) is 1. The van der Waals surface area contributed by atoms with Crippen LogP contribution < -0.4 is 15.7 Å². The fourth-order valence-electron chi connectivity index (χ4n) is 4.55. The van der Waals surface area contributed by atoms with Gasteiger partial charge in [0.1, 0.15) is 21.9 Å². The highest BCUT2D eigenvalue weighted by Gasteiger charge is 2.23. The van der Waals surface area contributed by atoms with Crippen molar-refractivity contribution in [1.29, 1.82) is 0 Å². The summed E-state index contributed by atoms with van der Waals surface area (Å²) in [7, 11) is 1.31. The molecule has 1 N–H and O–H groups in total. The molecule has 2 aromatic heterocycles. The van der Waals surface area contributed by atoms with Gasteiger partial charge in [-0.05, 0) is 54.5 Å². The summed E-state index contributed by atoms with van der Waals surface area (Å²) in [6.45, 7) is 1.80. The van der Waals surface area contributed by atoms with E-state index in [1.54, 1.807) is 12.1 Å². The van der Waals surface area contributed by atoms with Gasteiger partial charge in [-0.1, -0.05) is 31.2 Å². The van der Waals surface area contributed by atoms with Crippen LogP contribution in [0, 0.1) is 0 Å². The van der Waals surface area contributed by atoms with Gasteiger partial charge in [-0.15, -0.1) is 11.3 Å². The molecule has 0 saturated heterocycles. The lowest BCUT2D eigenvalue weighted by atomic mass is 10.0. The average molecular weight is 504 g/mol. The largest absolute Gasteiger partial charge is 0.484 e. The molecule has 5 rings (SSSR count). The lowest BCUT2D eigenvalue weighted by Gasteiger charge is -2.10. The summed E-state index contributed by atoms with van der Waals surface area (Å²) < 4.78 is 16.1. The summed E-state index contributed by atoms with van der Waals surface area (Å²) in [5, 5.41) is 5.89. The first-order valence-electron chi connectivity index (χ1n) is 11.8. The average Bonchev–Trinajstić information content (AvgIpc) is 3.55. The molecule has 184 valence electrons. The summed E-state index contributed by atoms with van der Waals surface area (Å²) in [6.07, 6.45) is 3.46. The Kier molecular flexibility index (Phi) is 6.61. The number of esters is 1. The summed E-state index contributed by atoms with van der Waals surface area (Å²) >= 11 is 1.25. The number of carbonyl (C=O) groups is 2. The van der Waals surface area contributed by atoms with Crippen molar-refractivity contribution in [1.82, 2.24) is 0 Å². The Hall–Kier alpha value is -3.91. The number of carbonyl (C=O) groups excluding carboxylic acids is 2. The maximum Gasteiger partial charge on any atom is 0.341 e. The van der Waals surface area contributed by atoms with Crippen molar-refractivity contribution >= 4 is 39.2 Å². The van der Waals surface area contributed by atoms with Gasteiger partial charge in [0, 0.05) is 28.0 Å². The van der Waals surface area contributed by atoms with E-state index in [1.807, 2.05) is 35.7 Å². The Morgan fingerprint density at radius 2 is 1.86 bits per heavy atom. The van der Waals surface area contributed by atoms with E-state index in [4.69, 9.17) is 13.9 Å². The number of nitrogens with one attached hydrogen (secondary N) is 1. The highest BCUT2D eigenvalue weighted by atomic mass is 32.1. The number of fused-ring (bicyclic) bond motifs is 3. The second kappa shape index (κ2) is 9.99. The number of benzene rings is 2. The van der Waals surface area contributed by atoms with E-state index in [1.165, 1.54) is 24.0 Å². The zero-order valence-electron chi connectivity index (χ0n) is 20.0. The van der Waals surface area contributed by atoms with Gasteiger partial charge in [-0.2, -0.15) is 0 Å². The van der Waals surface area contributed by atoms with E-state index >= 15 is 0 Å². The molecule has 1 aliphatic carbocycles. The van der Waals surface area contributed by atoms with Crippen LogP contribution in [0.2, 0.25) is 0 Å². The van der Waals surface area contributed by atoms with Gasteiger partial charge in [0.05, 0.1) is 7.11 Å². The molecule has 0 fully saturated rings. The smallest absolute Gasteiger partial charge is 0.341 e. The predicted octanol–water partition coefficient (Wildman–Crippen LogP) is 5.38. The summed E-state index contributed by atoms with van der Waals surface area (Å²) in [5.74, 6) is -0.542. The number of methoxy groups -OCH3 is 1. The maximum atomic E-state index is 12.7. The molecular weight excluding hydrogens is 478 g/mol. The Morgan fingerprint density at radius 3 is 2.61 bits per heavy atom. The third kappa shape index (κ3) is 4.52. The molecule has 8 heteroatoms. The number of aryl methyl sites for hydroxylation is 2. The zero-order valence-corrected chi connectivity index (χ0v) is 20.8. The van der Waals surface area contributed by atoms with Crippen LogP contribution in [0.15, 0.2) is 57.1 Å². The van der Waals surface area contributed by atoms with Gasteiger partial charge in [-0.25, -0.2) is 9.59 Å². The third-order valence-corrected chi connectivity index (χ3v) is 7.32. The van der Waals surface area contributed by atoms with Crippen LogP contribution >= 0.6 is 11.3 Å². The van der Waals surface area contributed by atoms with Crippen molar-refractivity contribution in [3.63, 3.8) is 0 Å². The number of thiophene rings is 1. The molecule has 0 bridgehead atoms. The van der Waals surface area contributed by atoms with Crippen molar-refractivity contribution in [2.24, 2.45) is 0 Å². The van der Waals surface area contributed by atoms with E-state index in [2.05, 4.69) is 12.2 Å². The third-order valence-electron chi connectivity index (χ3n) is 6.42. The number of amides is 1. The topological polar surface area (TPSA) is 94.8 Å².